The van der Waals surface area contributed by atoms with E-state index in [2.05, 4.69) is 12.2 Å². The summed E-state index contributed by atoms with van der Waals surface area (Å²) in [6.45, 7) is 5.49. The highest BCUT2D eigenvalue weighted by Gasteiger charge is 2.16. The van der Waals surface area contributed by atoms with Crippen LogP contribution in [0.25, 0.3) is 0 Å². The molecular weight excluding hydrogens is 232 g/mol. The molecule has 1 saturated heterocycles. The molecule has 1 amide bonds. The highest BCUT2D eigenvalue weighted by molar-refractivity contribution is 5.76. The lowest BCUT2D eigenvalue weighted by Crippen LogP contribution is -2.41. The van der Waals surface area contributed by atoms with Gasteiger partial charge < -0.3 is 19.4 Å². The van der Waals surface area contributed by atoms with Crippen LogP contribution in [0.2, 0.25) is 0 Å². The van der Waals surface area contributed by atoms with Gasteiger partial charge in [-0.25, -0.2) is 0 Å². The standard InChI is InChI=1S/C13H20N2O3/c1-11(12-3-7-18-10-12)14-4-2-13(16)15-5-8-17-9-6-15/h3,7,10-11,14H,2,4-6,8-9H2,1H3. The fourth-order valence-corrected chi connectivity index (χ4v) is 2.01. The van der Waals surface area contributed by atoms with Crippen molar-refractivity contribution in [2.45, 2.75) is 19.4 Å². The number of furan rings is 1. The first-order valence-electron chi connectivity index (χ1n) is 6.38. The average Bonchev–Trinajstić information content (AvgIpc) is 2.93. The molecule has 5 nitrogen and oxygen atoms in total. The number of nitrogens with one attached hydrogen (secondary N) is 1. The van der Waals surface area contributed by atoms with Gasteiger partial charge in [0.1, 0.15) is 0 Å². The summed E-state index contributed by atoms with van der Waals surface area (Å²) >= 11 is 0. The van der Waals surface area contributed by atoms with Crippen molar-refractivity contribution in [1.82, 2.24) is 10.2 Å². The highest BCUT2D eigenvalue weighted by Crippen LogP contribution is 2.11. The van der Waals surface area contributed by atoms with Crippen molar-refractivity contribution in [2.24, 2.45) is 0 Å². The largest absolute Gasteiger partial charge is 0.472 e. The predicted octanol–water partition coefficient (Wildman–Crippen LogP) is 1.18. The Labute approximate surface area is 107 Å². The minimum atomic E-state index is 0.199. The lowest BCUT2D eigenvalue weighted by Gasteiger charge is -2.27. The molecule has 1 unspecified atom stereocenters. The van der Waals surface area contributed by atoms with Crippen LogP contribution in [-0.2, 0) is 9.53 Å². The summed E-state index contributed by atoms with van der Waals surface area (Å²) < 4.78 is 10.3. The maximum absolute atomic E-state index is 11.9. The number of rotatable bonds is 5. The molecule has 1 fully saturated rings. The second kappa shape index (κ2) is 6.56. The third-order valence-electron chi connectivity index (χ3n) is 3.20. The summed E-state index contributed by atoms with van der Waals surface area (Å²) in [5.74, 6) is 0.199. The summed E-state index contributed by atoms with van der Waals surface area (Å²) in [5, 5.41) is 3.32. The number of ether oxygens (including phenoxy) is 1. The van der Waals surface area contributed by atoms with E-state index < -0.39 is 0 Å². The molecule has 1 N–H and O–H groups in total. The maximum atomic E-state index is 11.9. The smallest absolute Gasteiger partial charge is 0.224 e. The molecule has 1 aromatic heterocycles. The molecular formula is C13H20N2O3. The van der Waals surface area contributed by atoms with Gasteiger partial charge in [0.2, 0.25) is 5.91 Å². The Balaban J connectivity index is 1.67. The number of carbonyl (C=O) groups is 1. The van der Waals surface area contributed by atoms with Gasteiger partial charge in [0.15, 0.2) is 0 Å². The van der Waals surface area contributed by atoms with Gasteiger partial charge in [-0.3, -0.25) is 4.79 Å². The number of hydrogen-bond donors (Lipinski definition) is 1. The van der Waals surface area contributed by atoms with Gasteiger partial charge in [-0.2, -0.15) is 0 Å². The normalized spacial score (nSPS) is 17.7. The molecule has 1 atom stereocenters. The summed E-state index contributed by atoms with van der Waals surface area (Å²) in [7, 11) is 0. The first-order valence-corrected chi connectivity index (χ1v) is 6.38. The van der Waals surface area contributed by atoms with Crippen LogP contribution in [-0.4, -0.2) is 43.7 Å². The maximum Gasteiger partial charge on any atom is 0.224 e. The van der Waals surface area contributed by atoms with E-state index in [1.165, 1.54) is 0 Å². The molecule has 0 saturated carbocycles. The first kappa shape index (κ1) is 13.1. The quantitative estimate of drug-likeness (QED) is 0.855. The number of carbonyl (C=O) groups excluding carboxylic acids is 1. The zero-order valence-electron chi connectivity index (χ0n) is 10.7. The Morgan fingerprint density at radius 2 is 2.28 bits per heavy atom. The van der Waals surface area contributed by atoms with E-state index in [-0.39, 0.29) is 11.9 Å². The van der Waals surface area contributed by atoms with Gasteiger partial charge in [0, 0.05) is 37.7 Å². The number of nitrogens with zero attached hydrogens (tertiary/aromatic N) is 1. The van der Waals surface area contributed by atoms with Crippen molar-refractivity contribution in [2.75, 3.05) is 32.8 Å². The van der Waals surface area contributed by atoms with Gasteiger partial charge in [-0.15, -0.1) is 0 Å². The van der Waals surface area contributed by atoms with Crippen molar-refractivity contribution >= 4 is 5.91 Å². The molecule has 18 heavy (non-hydrogen) atoms. The van der Waals surface area contributed by atoms with Crippen molar-refractivity contribution < 1.29 is 13.9 Å². The van der Waals surface area contributed by atoms with Crippen LogP contribution < -0.4 is 5.32 Å². The molecule has 2 heterocycles. The lowest BCUT2D eigenvalue weighted by molar-refractivity contribution is -0.135. The molecule has 1 aliphatic heterocycles. The Morgan fingerprint density at radius 1 is 1.50 bits per heavy atom. The fraction of sp³-hybridized carbons (Fsp3) is 0.615. The molecule has 1 aliphatic rings. The molecule has 100 valence electrons. The van der Waals surface area contributed by atoms with Crippen molar-refractivity contribution in [3.05, 3.63) is 24.2 Å². The van der Waals surface area contributed by atoms with E-state index in [0.717, 1.165) is 18.7 Å². The van der Waals surface area contributed by atoms with Crippen LogP contribution in [0.15, 0.2) is 23.0 Å². The monoisotopic (exact) mass is 252 g/mol. The van der Waals surface area contributed by atoms with E-state index >= 15 is 0 Å². The Bertz CT molecular complexity index is 358. The van der Waals surface area contributed by atoms with Gasteiger partial charge in [0.05, 0.1) is 25.7 Å². The minimum absolute atomic E-state index is 0.199. The van der Waals surface area contributed by atoms with Crippen molar-refractivity contribution in [1.29, 1.82) is 0 Å². The van der Waals surface area contributed by atoms with Crippen LogP contribution in [0.5, 0.6) is 0 Å². The summed E-state index contributed by atoms with van der Waals surface area (Å²) in [6, 6.07) is 2.14. The highest BCUT2D eigenvalue weighted by atomic mass is 16.5. The molecule has 0 aromatic carbocycles. The van der Waals surface area contributed by atoms with Crippen molar-refractivity contribution in [3.63, 3.8) is 0 Å². The molecule has 0 radical (unpaired) electrons. The topological polar surface area (TPSA) is 54.7 Å². The summed E-state index contributed by atoms with van der Waals surface area (Å²) in [5.41, 5.74) is 1.11. The second-order valence-electron chi connectivity index (χ2n) is 4.48. The minimum Gasteiger partial charge on any atom is -0.472 e. The predicted molar refractivity (Wildman–Crippen MR) is 67.1 cm³/mol. The molecule has 1 aromatic rings. The van der Waals surface area contributed by atoms with Crippen LogP contribution >= 0.6 is 0 Å². The van der Waals surface area contributed by atoms with Gasteiger partial charge in [-0.1, -0.05) is 0 Å². The number of amides is 1. The SMILES string of the molecule is CC(NCCC(=O)N1CCOCC1)c1ccoc1. The number of morpholine rings is 1. The Kier molecular flexibility index (Phi) is 4.78. The van der Waals surface area contributed by atoms with Gasteiger partial charge in [0.25, 0.3) is 0 Å². The van der Waals surface area contributed by atoms with E-state index in [0.29, 0.717) is 26.2 Å². The molecule has 2 rings (SSSR count). The molecule has 5 heteroatoms. The van der Waals surface area contributed by atoms with Gasteiger partial charge >= 0.3 is 0 Å². The second-order valence-corrected chi connectivity index (χ2v) is 4.48. The zero-order chi connectivity index (χ0) is 12.8. The average molecular weight is 252 g/mol. The van der Waals surface area contributed by atoms with E-state index in [1.807, 2.05) is 11.0 Å². The van der Waals surface area contributed by atoms with E-state index in [9.17, 15) is 4.79 Å². The molecule has 0 spiro atoms. The van der Waals surface area contributed by atoms with Crippen LogP contribution in [0.4, 0.5) is 0 Å². The first-order chi connectivity index (χ1) is 8.77. The van der Waals surface area contributed by atoms with E-state index in [4.69, 9.17) is 9.15 Å². The van der Waals surface area contributed by atoms with E-state index in [1.54, 1.807) is 12.5 Å². The lowest BCUT2D eigenvalue weighted by atomic mass is 10.2. The Hall–Kier alpha value is -1.33. The molecule has 0 bridgehead atoms. The van der Waals surface area contributed by atoms with Crippen LogP contribution in [0, 0.1) is 0 Å². The third-order valence-corrected chi connectivity index (χ3v) is 3.20. The van der Waals surface area contributed by atoms with Gasteiger partial charge in [-0.05, 0) is 13.0 Å². The zero-order valence-corrected chi connectivity index (χ0v) is 10.7. The Morgan fingerprint density at radius 3 is 2.94 bits per heavy atom. The van der Waals surface area contributed by atoms with Crippen molar-refractivity contribution in [3.8, 4) is 0 Å². The number of hydrogen-bond acceptors (Lipinski definition) is 4. The summed E-state index contributed by atoms with van der Waals surface area (Å²) in [6.07, 6.45) is 3.91. The van der Waals surface area contributed by atoms with Crippen LogP contribution in [0.1, 0.15) is 24.9 Å². The fourth-order valence-electron chi connectivity index (χ4n) is 2.01. The van der Waals surface area contributed by atoms with Crippen LogP contribution in [0.3, 0.4) is 0 Å². The third kappa shape index (κ3) is 3.58. The summed E-state index contributed by atoms with van der Waals surface area (Å²) in [4.78, 5) is 13.7. The molecule has 0 aliphatic carbocycles.